The van der Waals surface area contributed by atoms with Crippen molar-refractivity contribution in [3.63, 3.8) is 0 Å². The standard InChI is InChI=1S/C58H49NO/c1-57(2)52-36-35-47(41-19-9-4-10-20-41)56(60)55(52)50-34-32-45(37-53(50)57)59(44-29-27-40(28-30-44)39-17-7-3-8-18-39)46-31-33-49-48-25-15-16-26-51(48)58(54(49)38-46,42-21-11-5-12-22-42)43-23-13-6-14-24-43/h4-5,7,9-13,15-36,38,45,60H,3,6,8,14,37H2,1-2H3. The molecule has 2 heteroatoms. The number of benzene rings is 6. The Balaban J connectivity index is 1.08. The molecule has 0 fully saturated rings. The third kappa shape index (κ3) is 5.54. The molecule has 6 aromatic rings. The Bertz CT molecular complexity index is 2860. The number of fused-ring (bicyclic) bond motifs is 5. The molecule has 11 rings (SSSR count). The maximum Gasteiger partial charge on any atom is 0.131 e. The van der Waals surface area contributed by atoms with Crippen molar-refractivity contribution in [2.45, 2.75) is 62.8 Å². The minimum atomic E-state index is -0.448. The second-order valence-electron chi connectivity index (χ2n) is 17.5. The number of allylic oxidation sites excluding steroid dienone is 10. The van der Waals surface area contributed by atoms with E-state index < -0.39 is 5.41 Å². The van der Waals surface area contributed by atoms with Gasteiger partial charge >= 0.3 is 0 Å². The number of hydrogen-bond donors (Lipinski definition) is 1. The first-order valence-electron chi connectivity index (χ1n) is 21.7. The fourth-order valence-electron chi connectivity index (χ4n) is 11.1. The Labute approximate surface area is 354 Å². The summed E-state index contributed by atoms with van der Waals surface area (Å²) in [4.78, 5) is 2.58. The van der Waals surface area contributed by atoms with Crippen molar-refractivity contribution in [3.8, 4) is 28.0 Å². The monoisotopic (exact) mass is 775 g/mol. The van der Waals surface area contributed by atoms with Crippen LogP contribution in [0.2, 0.25) is 0 Å². The summed E-state index contributed by atoms with van der Waals surface area (Å²) < 4.78 is 0. The number of hydrogen-bond acceptors (Lipinski definition) is 2. The maximum atomic E-state index is 12.0. The van der Waals surface area contributed by atoms with Crippen molar-refractivity contribution in [2.24, 2.45) is 0 Å². The van der Waals surface area contributed by atoms with Crippen LogP contribution in [0.15, 0.2) is 199 Å². The van der Waals surface area contributed by atoms with Gasteiger partial charge in [0.25, 0.3) is 0 Å². The van der Waals surface area contributed by atoms with E-state index in [2.05, 4.69) is 189 Å². The summed E-state index contributed by atoms with van der Waals surface area (Å²) in [5.74, 6) is 0.375. The maximum absolute atomic E-state index is 12.0. The van der Waals surface area contributed by atoms with Crippen molar-refractivity contribution in [2.75, 3.05) is 4.90 Å². The Hall–Kier alpha value is -6.64. The highest BCUT2D eigenvalue weighted by atomic mass is 16.3. The lowest BCUT2D eigenvalue weighted by Crippen LogP contribution is -2.34. The molecule has 0 spiro atoms. The van der Waals surface area contributed by atoms with E-state index in [0.717, 1.165) is 60.1 Å². The van der Waals surface area contributed by atoms with Gasteiger partial charge in [-0.15, -0.1) is 0 Å². The molecule has 0 aromatic heterocycles. The van der Waals surface area contributed by atoms with Crippen molar-refractivity contribution in [3.05, 3.63) is 233 Å². The summed E-state index contributed by atoms with van der Waals surface area (Å²) in [7, 11) is 0. The van der Waals surface area contributed by atoms with Crippen LogP contribution in [0, 0.1) is 0 Å². The topological polar surface area (TPSA) is 23.5 Å². The lowest BCUT2D eigenvalue weighted by atomic mass is 9.66. The number of rotatable bonds is 7. The Morgan fingerprint density at radius 1 is 0.567 bits per heavy atom. The van der Waals surface area contributed by atoms with Crippen LogP contribution in [0.5, 0.6) is 5.75 Å². The molecule has 5 aliphatic carbocycles. The minimum absolute atomic E-state index is 0.0365. The van der Waals surface area contributed by atoms with Gasteiger partial charge in [0, 0.05) is 27.9 Å². The minimum Gasteiger partial charge on any atom is -0.507 e. The second-order valence-corrected chi connectivity index (χ2v) is 17.5. The molecule has 0 aliphatic heterocycles. The smallest absolute Gasteiger partial charge is 0.131 e. The average Bonchev–Trinajstić information content (AvgIpc) is 3.73. The van der Waals surface area contributed by atoms with Crippen LogP contribution in [0.1, 0.15) is 79.3 Å². The molecule has 60 heavy (non-hydrogen) atoms. The molecule has 0 bridgehead atoms. The van der Waals surface area contributed by atoms with Gasteiger partial charge in [0.2, 0.25) is 0 Å². The molecule has 6 aromatic carbocycles. The van der Waals surface area contributed by atoms with E-state index in [1.165, 1.54) is 61.4 Å². The van der Waals surface area contributed by atoms with Crippen LogP contribution in [0.3, 0.4) is 0 Å². The van der Waals surface area contributed by atoms with E-state index in [1.807, 2.05) is 18.2 Å². The zero-order valence-corrected chi connectivity index (χ0v) is 34.4. The van der Waals surface area contributed by atoms with Gasteiger partial charge in [-0.05, 0) is 123 Å². The fourth-order valence-corrected chi connectivity index (χ4v) is 11.1. The molecule has 0 saturated carbocycles. The highest BCUT2D eigenvalue weighted by Gasteiger charge is 2.48. The van der Waals surface area contributed by atoms with E-state index in [-0.39, 0.29) is 11.5 Å². The van der Waals surface area contributed by atoms with E-state index in [9.17, 15) is 5.11 Å². The normalized spacial score (nSPS) is 20.5. The van der Waals surface area contributed by atoms with E-state index in [4.69, 9.17) is 0 Å². The van der Waals surface area contributed by atoms with Gasteiger partial charge in [-0.2, -0.15) is 0 Å². The van der Waals surface area contributed by atoms with Crippen molar-refractivity contribution < 1.29 is 5.11 Å². The largest absolute Gasteiger partial charge is 0.507 e. The Morgan fingerprint density at radius 2 is 1.25 bits per heavy atom. The highest BCUT2D eigenvalue weighted by molar-refractivity contribution is 5.94. The molecule has 0 saturated heterocycles. The second kappa shape index (κ2) is 14.3. The van der Waals surface area contributed by atoms with Crippen LogP contribution in [0.4, 0.5) is 11.4 Å². The number of phenols is 1. The summed E-state index contributed by atoms with van der Waals surface area (Å²) in [6.45, 7) is 4.67. The zero-order valence-electron chi connectivity index (χ0n) is 34.4. The summed E-state index contributed by atoms with van der Waals surface area (Å²) in [6.07, 6.45) is 23.9. The molecule has 292 valence electrons. The van der Waals surface area contributed by atoms with Crippen molar-refractivity contribution >= 4 is 22.5 Å². The summed E-state index contributed by atoms with van der Waals surface area (Å²) in [5, 5.41) is 12.0. The first kappa shape index (κ1) is 36.4. The molecule has 2 unspecified atom stereocenters. The molecule has 2 nitrogen and oxygen atoms in total. The fraction of sp³-hybridized carbons (Fsp3) is 0.172. The molecule has 0 heterocycles. The van der Waals surface area contributed by atoms with E-state index >= 15 is 0 Å². The van der Waals surface area contributed by atoms with Crippen molar-refractivity contribution in [1.29, 1.82) is 0 Å². The van der Waals surface area contributed by atoms with Crippen LogP contribution in [-0.4, -0.2) is 11.1 Å². The highest BCUT2D eigenvalue weighted by Crippen LogP contribution is 2.59. The number of nitrogens with zero attached hydrogens (tertiary/aromatic N) is 1. The average molecular weight is 776 g/mol. The number of phenolic OH excluding ortho intramolecular Hbond substituents is 1. The molecular weight excluding hydrogens is 727 g/mol. The van der Waals surface area contributed by atoms with Gasteiger partial charge in [0.05, 0.1) is 11.5 Å². The van der Waals surface area contributed by atoms with Gasteiger partial charge in [-0.3, -0.25) is 0 Å². The molecule has 2 atom stereocenters. The Morgan fingerprint density at radius 3 is 2.00 bits per heavy atom. The van der Waals surface area contributed by atoms with Crippen LogP contribution in [0.25, 0.3) is 33.4 Å². The number of anilines is 2. The predicted octanol–water partition coefficient (Wildman–Crippen LogP) is 14.6. The molecular formula is C58H49NO. The first-order valence-corrected chi connectivity index (χ1v) is 21.7. The predicted molar refractivity (Wildman–Crippen MR) is 251 cm³/mol. The van der Waals surface area contributed by atoms with Gasteiger partial charge in [0.15, 0.2) is 0 Å². The van der Waals surface area contributed by atoms with Gasteiger partial charge in [-0.1, -0.05) is 178 Å². The van der Waals surface area contributed by atoms with Gasteiger partial charge in [0.1, 0.15) is 5.75 Å². The third-order valence-corrected chi connectivity index (χ3v) is 13.9. The first-order chi connectivity index (χ1) is 29.4. The van der Waals surface area contributed by atoms with E-state index in [1.54, 1.807) is 0 Å². The quantitative estimate of drug-likeness (QED) is 0.175. The number of aromatic hydroxyl groups is 1. The Kier molecular flexibility index (Phi) is 8.67. The van der Waals surface area contributed by atoms with E-state index in [0.29, 0.717) is 5.75 Å². The van der Waals surface area contributed by atoms with Gasteiger partial charge < -0.3 is 10.0 Å². The molecule has 1 N–H and O–H groups in total. The summed E-state index contributed by atoms with van der Waals surface area (Å²) >= 11 is 0. The zero-order chi connectivity index (χ0) is 40.4. The third-order valence-electron chi connectivity index (χ3n) is 13.9. The SMILES string of the molecule is CC1(C)C2=C(C=CC(N(c3ccc(C4=CCCC=C4)cc3)c3ccc4c(c3)C(C3=CCCC=C3)(c3ccccc3)c3ccccc3-4)C2)c2c1ccc(-c1ccccc1)c2O. The van der Waals surface area contributed by atoms with Crippen LogP contribution in [-0.2, 0) is 10.8 Å². The van der Waals surface area contributed by atoms with Gasteiger partial charge in [-0.25, -0.2) is 0 Å². The van der Waals surface area contributed by atoms with Crippen molar-refractivity contribution in [1.82, 2.24) is 0 Å². The molecule has 0 amide bonds. The van der Waals surface area contributed by atoms with Crippen LogP contribution >= 0.6 is 0 Å². The van der Waals surface area contributed by atoms with Crippen LogP contribution < -0.4 is 4.90 Å². The summed E-state index contributed by atoms with van der Waals surface area (Å²) in [5.41, 5.74) is 18.7. The lowest BCUT2D eigenvalue weighted by Gasteiger charge is -2.39. The molecule has 0 radical (unpaired) electrons. The molecule has 5 aliphatic rings. The summed E-state index contributed by atoms with van der Waals surface area (Å²) in [6, 6.07) is 51.4. The lowest BCUT2D eigenvalue weighted by molar-refractivity contribution is 0.474.